The summed E-state index contributed by atoms with van der Waals surface area (Å²) in [6.45, 7) is 2.92. The molecule has 1 heterocycles. The van der Waals surface area contributed by atoms with E-state index in [0.29, 0.717) is 42.3 Å². The molecular formula is C22H23N3O4S. The molecule has 156 valence electrons. The van der Waals surface area contributed by atoms with Gasteiger partial charge in [0.05, 0.1) is 17.8 Å². The van der Waals surface area contributed by atoms with Crippen LogP contribution < -0.4 is 20.1 Å². The molecule has 8 heteroatoms. The maximum Gasteiger partial charge on any atom is 0.251 e. The van der Waals surface area contributed by atoms with Gasteiger partial charge in [-0.1, -0.05) is 6.07 Å². The number of thiazole rings is 1. The Kier molecular flexibility index (Phi) is 7.40. The molecule has 0 bridgehead atoms. The fourth-order valence-electron chi connectivity index (χ4n) is 2.66. The third-order valence-electron chi connectivity index (χ3n) is 4.20. The van der Waals surface area contributed by atoms with Crippen LogP contribution in [0.4, 0.5) is 0 Å². The zero-order valence-corrected chi connectivity index (χ0v) is 17.6. The minimum absolute atomic E-state index is 0.209. The third kappa shape index (κ3) is 6.05. The Labute approximate surface area is 179 Å². The van der Waals surface area contributed by atoms with E-state index in [1.54, 1.807) is 67.0 Å². The van der Waals surface area contributed by atoms with Crippen LogP contribution in [-0.4, -0.2) is 37.0 Å². The van der Waals surface area contributed by atoms with Gasteiger partial charge in [-0.3, -0.25) is 9.59 Å². The maximum absolute atomic E-state index is 12.4. The molecule has 0 aliphatic heterocycles. The first kappa shape index (κ1) is 21.3. The minimum Gasteiger partial charge on any atom is -0.497 e. The van der Waals surface area contributed by atoms with E-state index in [4.69, 9.17) is 9.47 Å². The van der Waals surface area contributed by atoms with Crippen molar-refractivity contribution in [2.24, 2.45) is 0 Å². The van der Waals surface area contributed by atoms with Gasteiger partial charge in [0, 0.05) is 29.6 Å². The second-order valence-electron chi connectivity index (χ2n) is 6.41. The Morgan fingerprint density at radius 1 is 0.967 bits per heavy atom. The summed E-state index contributed by atoms with van der Waals surface area (Å²) in [5.41, 5.74) is 1.88. The first-order chi connectivity index (χ1) is 14.5. The fraction of sp³-hybridized carbons (Fsp3) is 0.227. The Morgan fingerprint density at radius 3 is 2.30 bits per heavy atom. The molecule has 0 fully saturated rings. The van der Waals surface area contributed by atoms with Crippen LogP contribution in [0, 0.1) is 6.92 Å². The smallest absolute Gasteiger partial charge is 0.251 e. The lowest BCUT2D eigenvalue weighted by Gasteiger charge is -2.09. The van der Waals surface area contributed by atoms with Gasteiger partial charge < -0.3 is 20.1 Å². The fourth-order valence-corrected chi connectivity index (χ4v) is 3.25. The Morgan fingerprint density at radius 2 is 1.67 bits per heavy atom. The molecule has 0 spiro atoms. The van der Waals surface area contributed by atoms with Crippen molar-refractivity contribution in [2.45, 2.75) is 13.5 Å². The van der Waals surface area contributed by atoms with E-state index < -0.39 is 0 Å². The third-order valence-corrected chi connectivity index (χ3v) is 5.02. The average Bonchev–Trinajstić information content (AvgIpc) is 3.20. The largest absolute Gasteiger partial charge is 0.497 e. The number of amides is 2. The number of hydrogen-bond donors (Lipinski definition) is 2. The molecule has 0 aliphatic rings. The lowest BCUT2D eigenvalue weighted by Crippen LogP contribution is -2.34. The molecule has 2 aromatic carbocycles. The summed E-state index contributed by atoms with van der Waals surface area (Å²) in [6.07, 6.45) is 0. The highest BCUT2D eigenvalue weighted by Crippen LogP contribution is 2.16. The molecule has 0 unspecified atom stereocenters. The standard InChI is InChI=1S/C22H23N3O4S/c1-15-25-18(14-30-15)13-29-20-5-3-4-17(12-20)22(27)24-11-10-23-21(26)16-6-8-19(28-2)9-7-16/h3-9,12,14H,10-11,13H2,1-2H3,(H,23,26)(H,24,27). The molecule has 3 rings (SSSR count). The van der Waals surface area contributed by atoms with Crippen molar-refractivity contribution in [1.29, 1.82) is 0 Å². The molecular weight excluding hydrogens is 402 g/mol. The topological polar surface area (TPSA) is 89.6 Å². The number of benzene rings is 2. The van der Waals surface area contributed by atoms with Crippen LogP contribution in [0.5, 0.6) is 11.5 Å². The zero-order valence-electron chi connectivity index (χ0n) is 16.8. The van der Waals surface area contributed by atoms with E-state index in [1.807, 2.05) is 12.3 Å². The van der Waals surface area contributed by atoms with E-state index in [0.717, 1.165) is 10.7 Å². The molecule has 0 aliphatic carbocycles. The Hall–Kier alpha value is -3.39. The molecule has 3 aromatic rings. The number of hydrogen-bond acceptors (Lipinski definition) is 6. The van der Waals surface area contributed by atoms with Crippen LogP contribution in [0.2, 0.25) is 0 Å². The summed E-state index contributed by atoms with van der Waals surface area (Å²) in [5.74, 6) is 0.844. The SMILES string of the molecule is COc1ccc(C(=O)NCCNC(=O)c2cccc(OCc3csc(C)n3)c2)cc1. The summed E-state index contributed by atoms with van der Waals surface area (Å²) in [5, 5.41) is 8.50. The summed E-state index contributed by atoms with van der Waals surface area (Å²) in [6, 6.07) is 13.8. The quantitative estimate of drug-likeness (QED) is 0.514. The van der Waals surface area contributed by atoms with Gasteiger partial charge in [-0.2, -0.15) is 0 Å². The van der Waals surface area contributed by atoms with Gasteiger partial charge in [0.1, 0.15) is 18.1 Å². The number of methoxy groups -OCH3 is 1. The van der Waals surface area contributed by atoms with Crippen molar-refractivity contribution in [3.63, 3.8) is 0 Å². The van der Waals surface area contributed by atoms with E-state index >= 15 is 0 Å². The van der Waals surface area contributed by atoms with E-state index in [-0.39, 0.29) is 11.8 Å². The molecule has 2 N–H and O–H groups in total. The van der Waals surface area contributed by atoms with E-state index in [9.17, 15) is 9.59 Å². The number of rotatable bonds is 9. The van der Waals surface area contributed by atoms with Gasteiger partial charge in [-0.05, 0) is 49.4 Å². The van der Waals surface area contributed by atoms with Crippen molar-refractivity contribution in [2.75, 3.05) is 20.2 Å². The molecule has 0 saturated heterocycles. The Balaban J connectivity index is 1.43. The van der Waals surface area contributed by atoms with Crippen molar-refractivity contribution in [3.8, 4) is 11.5 Å². The van der Waals surface area contributed by atoms with Gasteiger partial charge in [0.25, 0.3) is 11.8 Å². The molecule has 1 aromatic heterocycles. The number of aryl methyl sites for hydroxylation is 1. The van der Waals surface area contributed by atoms with Crippen LogP contribution in [0.25, 0.3) is 0 Å². The number of aromatic nitrogens is 1. The molecule has 7 nitrogen and oxygen atoms in total. The second-order valence-corrected chi connectivity index (χ2v) is 7.48. The number of carbonyl (C=O) groups is 2. The normalized spacial score (nSPS) is 10.3. The van der Waals surface area contributed by atoms with Crippen molar-refractivity contribution in [3.05, 3.63) is 75.7 Å². The number of ether oxygens (including phenoxy) is 2. The highest BCUT2D eigenvalue weighted by molar-refractivity contribution is 7.09. The molecule has 0 atom stereocenters. The summed E-state index contributed by atoms with van der Waals surface area (Å²) in [4.78, 5) is 28.8. The number of carbonyl (C=O) groups excluding carboxylic acids is 2. The van der Waals surface area contributed by atoms with Gasteiger partial charge >= 0.3 is 0 Å². The summed E-state index contributed by atoms with van der Waals surface area (Å²) >= 11 is 1.57. The number of nitrogens with one attached hydrogen (secondary N) is 2. The first-order valence-electron chi connectivity index (χ1n) is 9.39. The van der Waals surface area contributed by atoms with Gasteiger partial charge in [-0.15, -0.1) is 11.3 Å². The van der Waals surface area contributed by atoms with Crippen molar-refractivity contribution < 1.29 is 19.1 Å². The average molecular weight is 426 g/mol. The summed E-state index contributed by atoms with van der Waals surface area (Å²) in [7, 11) is 1.57. The van der Waals surface area contributed by atoms with Gasteiger partial charge in [0.2, 0.25) is 0 Å². The second kappa shape index (κ2) is 10.4. The number of nitrogens with zero attached hydrogens (tertiary/aromatic N) is 1. The monoisotopic (exact) mass is 425 g/mol. The molecule has 30 heavy (non-hydrogen) atoms. The first-order valence-corrected chi connectivity index (χ1v) is 10.3. The van der Waals surface area contributed by atoms with Gasteiger partial charge in [-0.25, -0.2) is 4.98 Å². The zero-order chi connectivity index (χ0) is 21.3. The minimum atomic E-state index is -0.233. The molecule has 0 radical (unpaired) electrons. The lowest BCUT2D eigenvalue weighted by molar-refractivity contribution is 0.0927. The predicted molar refractivity (Wildman–Crippen MR) is 115 cm³/mol. The highest BCUT2D eigenvalue weighted by Gasteiger charge is 2.08. The van der Waals surface area contributed by atoms with E-state index in [2.05, 4.69) is 15.6 Å². The summed E-state index contributed by atoms with van der Waals surface area (Å²) < 4.78 is 10.8. The lowest BCUT2D eigenvalue weighted by atomic mass is 10.2. The van der Waals surface area contributed by atoms with Crippen LogP contribution >= 0.6 is 11.3 Å². The van der Waals surface area contributed by atoms with Crippen molar-refractivity contribution >= 4 is 23.2 Å². The maximum atomic E-state index is 12.4. The molecule has 2 amide bonds. The highest BCUT2D eigenvalue weighted by atomic mass is 32.1. The van der Waals surface area contributed by atoms with Crippen LogP contribution in [0.1, 0.15) is 31.4 Å². The van der Waals surface area contributed by atoms with Crippen LogP contribution in [0.3, 0.4) is 0 Å². The van der Waals surface area contributed by atoms with Gasteiger partial charge in [0.15, 0.2) is 0 Å². The van der Waals surface area contributed by atoms with E-state index in [1.165, 1.54) is 0 Å². The van der Waals surface area contributed by atoms with Crippen LogP contribution in [0.15, 0.2) is 53.9 Å². The van der Waals surface area contributed by atoms with Crippen LogP contribution in [-0.2, 0) is 6.61 Å². The van der Waals surface area contributed by atoms with Crippen molar-refractivity contribution in [1.82, 2.24) is 15.6 Å². The predicted octanol–water partition coefficient (Wildman–Crippen LogP) is 3.20. The Bertz CT molecular complexity index is 1000. The molecule has 0 saturated carbocycles.